The highest BCUT2D eigenvalue weighted by molar-refractivity contribution is 7.92. The number of sulfonamides is 1. The largest absolute Gasteiger partial charge is 0.378 e. The first kappa shape index (κ1) is 22.8. The monoisotopic (exact) mass is 494 g/mol. The number of amides is 1. The zero-order valence-corrected chi connectivity index (χ0v) is 20.3. The molecule has 11 heteroatoms. The number of aromatic nitrogens is 2. The maximum atomic E-state index is 13.0. The highest BCUT2D eigenvalue weighted by Crippen LogP contribution is 2.33. The number of ether oxygens (including phenoxy) is 1. The number of thiazole rings is 1. The van der Waals surface area contributed by atoms with Gasteiger partial charge in [-0.3, -0.25) is 9.52 Å². The molecule has 1 aliphatic heterocycles. The van der Waals surface area contributed by atoms with Crippen molar-refractivity contribution in [2.45, 2.75) is 18.7 Å². The minimum Gasteiger partial charge on any atom is -0.378 e. The molecule has 1 aliphatic rings. The zero-order valence-electron chi connectivity index (χ0n) is 17.9. The number of benzene rings is 1. The van der Waals surface area contributed by atoms with E-state index in [9.17, 15) is 13.2 Å². The second-order valence-electron chi connectivity index (χ2n) is 7.49. The molecule has 0 radical (unpaired) electrons. The third-order valence-corrected chi connectivity index (χ3v) is 8.30. The first-order valence-electron chi connectivity index (χ1n) is 9.97. The van der Waals surface area contributed by atoms with Gasteiger partial charge in [0.25, 0.3) is 15.9 Å². The molecule has 3 aromatic rings. The van der Waals surface area contributed by atoms with Gasteiger partial charge in [-0.15, -0.1) is 11.3 Å². The average Bonchev–Trinajstić information content (AvgIpc) is 3.30. The van der Waals surface area contributed by atoms with Crippen molar-refractivity contribution in [3.8, 4) is 10.7 Å². The Morgan fingerprint density at radius 2 is 1.84 bits per heavy atom. The van der Waals surface area contributed by atoms with E-state index in [1.54, 1.807) is 60.7 Å². The van der Waals surface area contributed by atoms with Crippen LogP contribution in [0.3, 0.4) is 0 Å². The molecule has 8 nitrogen and oxygen atoms in total. The summed E-state index contributed by atoms with van der Waals surface area (Å²) in [5.74, 6) is -0.0715. The summed E-state index contributed by atoms with van der Waals surface area (Å²) in [7, 11) is -2.05. The number of aryl methyl sites for hydroxylation is 1. The van der Waals surface area contributed by atoms with Crippen molar-refractivity contribution in [1.29, 1.82) is 0 Å². The summed E-state index contributed by atoms with van der Waals surface area (Å²) >= 11 is 7.16. The van der Waals surface area contributed by atoms with Crippen LogP contribution in [0.5, 0.6) is 0 Å². The van der Waals surface area contributed by atoms with Crippen molar-refractivity contribution in [3.05, 3.63) is 51.6 Å². The lowest BCUT2D eigenvalue weighted by Crippen LogP contribution is -2.40. The molecule has 2 aromatic heterocycles. The smallest absolute Gasteiger partial charge is 0.266 e. The van der Waals surface area contributed by atoms with Crippen LogP contribution in [0, 0.1) is 13.8 Å². The number of carbonyl (C=O) groups excluding carboxylic acids is 1. The van der Waals surface area contributed by atoms with Gasteiger partial charge in [-0.25, -0.2) is 13.4 Å². The summed E-state index contributed by atoms with van der Waals surface area (Å²) in [5.41, 5.74) is 2.25. The summed E-state index contributed by atoms with van der Waals surface area (Å²) in [6.07, 6.45) is 0. The molecule has 1 amide bonds. The number of halogens is 1. The van der Waals surface area contributed by atoms with E-state index in [0.29, 0.717) is 64.0 Å². The number of nitrogens with zero attached hydrogens (tertiary/aromatic N) is 3. The lowest BCUT2D eigenvalue weighted by molar-refractivity contribution is 0.0305. The second kappa shape index (κ2) is 8.86. The number of rotatable bonds is 5. The fourth-order valence-electron chi connectivity index (χ4n) is 3.49. The van der Waals surface area contributed by atoms with Crippen molar-refractivity contribution in [2.75, 3.05) is 31.0 Å². The molecule has 0 atom stereocenters. The Morgan fingerprint density at radius 1 is 1.19 bits per heavy atom. The van der Waals surface area contributed by atoms with Crippen LogP contribution in [0.25, 0.3) is 10.7 Å². The molecular formula is C21H23ClN4O4S2. The molecule has 0 spiro atoms. The third-order valence-electron chi connectivity index (χ3n) is 5.38. The fourth-order valence-corrected chi connectivity index (χ4v) is 6.05. The molecule has 4 rings (SSSR count). The zero-order chi connectivity index (χ0) is 23.0. The highest BCUT2D eigenvalue weighted by atomic mass is 35.5. The van der Waals surface area contributed by atoms with Crippen molar-refractivity contribution >= 4 is 44.6 Å². The maximum absolute atomic E-state index is 13.0. The molecule has 0 unspecified atom stereocenters. The second-order valence-corrected chi connectivity index (χ2v) is 10.6. The fraction of sp³-hybridized carbons (Fsp3) is 0.333. The summed E-state index contributed by atoms with van der Waals surface area (Å²) in [6.45, 7) is 5.68. The van der Waals surface area contributed by atoms with Gasteiger partial charge in [0, 0.05) is 36.5 Å². The van der Waals surface area contributed by atoms with Crippen molar-refractivity contribution in [2.24, 2.45) is 7.05 Å². The Hall–Kier alpha value is -2.40. The first-order chi connectivity index (χ1) is 15.2. The van der Waals surface area contributed by atoms with Crippen LogP contribution >= 0.6 is 22.9 Å². The Labute approximate surface area is 195 Å². The van der Waals surface area contributed by atoms with E-state index in [0.717, 1.165) is 0 Å². The van der Waals surface area contributed by atoms with E-state index in [1.807, 2.05) is 0 Å². The van der Waals surface area contributed by atoms with Crippen LogP contribution in [0.1, 0.15) is 21.1 Å². The maximum Gasteiger partial charge on any atom is 0.266 e. The molecule has 1 saturated heterocycles. The van der Waals surface area contributed by atoms with Crippen molar-refractivity contribution in [1.82, 2.24) is 14.5 Å². The van der Waals surface area contributed by atoms with Crippen LogP contribution in [0.15, 0.2) is 35.2 Å². The van der Waals surface area contributed by atoms with Crippen LogP contribution in [-0.4, -0.2) is 55.1 Å². The predicted molar refractivity (Wildman–Crippen MR) is 125 cm³/mol. The molecule has 170 valence electrons. The number of anilines is 1. The normalized spacial score (nSPS) is 14.6. The number of nitrogens with one attached hydrogen (secondary N) is 1. The van der Waals surface area contributed by atoms with E-state index < -0.39 is 10.0 Å². The quantitative estimate of drug-likeness (QED) is 0.583. The Bertz CT molecular complexity index is 1260. The van der Waals surface area contributed by atoms with E-state index in [2.05, 4.69) is 9.71 Å². The van der Waals surface area contributed by atoms with Gasteiger partial charge in [-0.2, -0.15) is 0 Å². The Kier molecular flexibility index (Phi) is 6.30. The summed E-state index contributed by atoms with van der Waals surface area (Å²) in [6, 6.07) is 8.04. The van der Waals surface area contributed by atoms with Gasteiger partial charge in [-0.05, 0) is 44.2 Å². The molecule has 0 aliphatic carbocycles. The molecule has 3 heterocycles. The van der Waals surface area contributed by atoms with Gasteiger partial charge >= 0.3 is 0 Å². The van der Waals surface area contributed by atoms with E-state index in [-0.39, 0.29) is 10.8 Å². The third kappa shape index (κ3) is 4.40. The molecule has 1 fully saturated rings. The molecule has 1 N–H and O–H groups in total. The summed E-state index contributed by atoms with van der Waals surface area (Å²) in [5, 5.41) is 1.12. The Balaban J connectivity index is 1.65. The Morgan fingerprint density at radius 3 is 2.50 bits per heavy atom. The van der Waals surface area contributed by atoms with Gasteiger partial charge in [0.1, 0.15) is 14.8 Å². The van der Waals surface area contributed by atoms with E-state index >= 15 is 0 Å². The van der Waals surface area contributed by atoms with Crippen LogP contribution < -0.4 is 4.72 Å². The minimum atomic E-state index is -3.83. The first-order valence-corrected chi connectivity index (χ1v) is 12.6. The van der Waals surface area contributed by atoms with Crippen LogP contribution in [0.4, 0.5) is 5.69 Å². The van der Waals surface area contributed by atoms with Crippen molar-refractivity contribution < 1.29 is 17.9 Å². The number of hydrogen-bond donors (Lipinski definition) is 1. The van der Waals surface area contributed by atoms with Gasteiger partial charge in [0.2, 0.25) is 0 Å². The van der Waals surface area contributed by atoms with Gasteiger partial charge in [0.15, 0.2) is 0 Å². The average molecular weight is 495 g/mol. The van der Waals surface area contributed by atoms with Gasteiger partial charge in [-0.1, -0.05) is 11.6 Å². The van der Waals surface area contributed by atoms with Crippen LogP contribution in [-0.2, 0) is 21.8 Å². The highest BCUT2D eigenvalue weighted by Gasteiger charge is 2.27. The molecule has 32 heavy (non-hydrogen) atoms. The van der Waals surface area contributed by atoms with E-state index in [4.69, 9.17) is 16.3 Å². The van der Waals surface area contributed by atoms with Gasteiger partial charge in [0.05, 0.1) is 24.6 Å². The van der Waals surface area contributed by atoms with Crippen LogP contribution in [0.2, 0.25) is 5.02 Å². The number of carbonyl (C=O) groups is 1. The molecule has 0 saturated carbocycles. The molecular weight excluding hydrogens is 472 g/mol. The SMILES string of the molecule is Cc1nc(-c2cc(S(=O)(=O)Nc3ccc(Cl)cc3)c(C)n2C)sc1C(=O)N1CCOCC1. The summed E-state index contributed by atoms with van der Waals surface area (Å²) in [4.78, 5) is 20.0. The predicted octanol–water partition coefficient (Wildman–Crippen LogP) is 3.69. The van der Waals surface area contributed by atoms with E-state index in [1.165, 1.54) is 11.3 Å². The summed E-state index contributed by atoms with van der Waals surface area (Å²) < 4.78 is 35.8. The topological polar surface area (TPSA) is 93.5 Å². The van der Waals surface area contributed by atoms with Gasteiger partial charge < -0.3 is 14.2 Å². The lowest BCUT2D eigenvalue weighted by Gasteiger charge is -2.26. The molecule has 1 aromatic carbocycles. The number of hydrogen-bond acceptors (Lipinski definition) is 6. The standard InChI is InChI=1S/C21H23ClN4O4S2/c1-13-19(21(27)26-8-10-30-11-9-26)31-20(23-13)17-12-18(14(2)25(17)3)32(28,29)24-16-6-4-15(22)5-7-16/h4-7,12,24H,8-11H2,1-3H3. The minimum absolute atomic E-state index is 0.0715. The lowest BCUT2D eigenvalue weighted by atomic mass is 10.3. The van der Waals surface area contributed by atoms with Crippen molar-refractivity contribution in [3.63, 3.8) is 0 Å². The number of morpholine rings is 1. The molecule has 0 bridgehead atoms.